The van der Waals surface area contributed by atoms with Crippen molar-refractivity contribution < 1.29 is 14.3 Å². The number of ether oxygens (including phenoxy) is 2. The maximum absolute atomic E-state index is 14.3. The van der Waals surface area contributed by atoms with Crippen LogP contribution in [0, 0.1) is 0 Å². The fraction of sp³-hybridized carbons (Fsp3) is 0.696. The Bertz CT molecular complexity index is 700. The molecule has 0 spiro atoms. The van der Waals surface area contributed by atoms with Crippen LogP contribution in [-0.4, -0.2) is 47.8 Å². The molecular weight excluding hydrogens is 467 g/mol. The monoisotopic (exact) mass is 503 g/mol. The van der Waals surface area contributed by atoms with E-state index >= 15 is 0 Å². The van der Waals surface area contributed by atoms with Gasteiger partial charge in [0.2, 0.25) is 0 Å². The lowest BCUT2D eigenvalue weighted by Crippen LogP contribution is -2.41. The van der Waals surface area contributed by atoms with Crippen LogP contribution in [0.2, 0.25) is 0 Å². The summed E-state index contributed by atoms with van der Waals surface area (Å²) in [5, 5.41) is 0. The maximum Gasteiger partial charge on any atom is 0.259 e. The van der Waals surface area contributed by atoms with E-state index in [9.17, 15) is 4.79 Å². The molecule has 2 rings (SSSR count). The van der Waals surface area contributed by atoms with Crippen molar-refractivity contribution in [2.75, 3.05) is 42.1 Å². The third kappa shape index (κ3) is 5.98. The lowest BCUT2D eigenvalue weighted by molar-refractivity contribution is -0.118. The Hall–Kier alpha value is -0.310. The van der Waals surface area contributed by atoms with Gasteiger partial charge < -0.3 is 9.47 Å². The highest BCUT2D eigenvalue weighted by atomic mass is 32.2. The Balaban J connectivity index is 2.69. The average molecular weight is 504 g/mol. The molecule has 1 amide bonds. The smallest absolute Gasteiger partial charge is 0.259 e. The van der Waals surface area contributed by atoms with Gasteiger partial charge >= 0.3 is 0 Å². The van der Waals surface area contributed by atoms with Gasteiger partial charge in [0, 0.05) is 11.6 Å². The molecular formula is C23H37NO3S4. The highest BCUT2D eigenvalue weighted by Crippen LogP contribution is 2.61. The fourth-order valence-corrected chi connectivity index (χ4v) is 8.80. The molecule has 0 radical (unpaired) electrons. The van der Waals surface area contributed by atoms with Crippen LogP contribution < -0.4 is 14.4 Å². The number of thioether (sulfide) groups is 4. The van der Waals surface area contributed by atoms with Crippen molar-refractivity contribution in [2.24, 2.45) is 0 Å². The average Bonchev–Trinajstić information content (AvgIpc) is 3.03. The molecule has 176 valence electrons. The van der Waals surface area contributed by atoms with Crippen molar-refractivity contribution in [3.05, 3.63) is 17.7 Å². The number of hydrogen-bond acceptors (Lipinski definition) is 7. The van der Waals surface area contributed by atoms with Gasteiger partial charge in [-0.25, -0.2) is 0 Å². The molecule has 1 heterocycles. The Labute approximate surface area is 205 Å². The summed E-state index contributed by atoms with van der Waals surface area (Å²) in [5.74, 6) is 5.56. The second kappa shape index (κ2) is 13.4. The minimum absolute atomic E-state index is 0.0415. The molecule has 0 aliphatic carbocycles. The molecule has 0 N–H and O–H groups in total. The third-order valence-corrected chi connectivity index (χ3v) is 11.4. The molecule has 1 aromatic carbocycles. The van der Waals surface area contributed by atoms with Crippen LogP contribution in [0.5, 0.6) is 11.5 Å². The van der Waals surface area contributed by atoms with Gasteiger partial charge in [-0.2, -0.15) is 0 Å². The van der Waals surface area contributed by atoms with E-state index in [1.165, 1.54) is 0 Å². The Morgan fingerprint density at radius 2 is 1.42 bits per heavy atom. The van der Waals surface area contributed by atoms with Crippen LogP contribution in [0.1, 0.15) is 58.9 Å². The van der Waals surface area contributed by atoms with E-state index in [0.717, 1.165) is 71.4 Å². The SMILES string of the molecule is CCCSC(SCCC)N1C(=O)C(SCCC)(SCCC)c2cc(OC)cc(OC)c21. The standard InChI is InChI=1S/C23H37NO3S4/c1-7-11-28-22(29-12-8-2)24-20-18(15-17(26-5)16-19(20)27-6)23(21(24)25,30-13-9-3)31-14-10-4/h15-16,22H,7-14H2,1-6H3. The molecule has 0 saturated carbocycles. The molecule has 1 aliphatic heterocycles. The first-order valence-electron chi connectivity index (χ1n) is 11.2. The molecule has 4 nitrogen and oxygen atoms in total. The molecule has 1 aromatic rings. The Morgan fingerprint density at radius 1 is 0.871 bits per heavy atom. The fourth-order valence-electron chi connectivity index (χ4n) is 3.38. The maximum atomic E-state index is 14.3. The van der Waals surface area contributed by atoms with E-state index in [-0.39, 0.29) is 10.6 Å². The van der Waals surface area contributed by atoms with Gasteiger partial charge in [-0.15, -0.1) is 47.0 Å². The van der Waals surface area contributed by atoms with E-state index < -0.39 is 4.08 Å². The van der Waals surface area contributed by atoms with Gasteiger partial charge in [-0.05, 0) is 54.8 Å². The summed E-state index contributed by atoms with van der Waals surface area (Å²) in [4.78, 5) is 16.3. The third-order valence-electron chi connectivity index (χ3n) is 4.76. The van der Waals surface area contributed by atoms with E-state index in [0.29, 0.717) is 0 Å². The number of benzene rings is 1. The summed E-state index contributed by atoms with van der Waals surface area (Å²) in [6.07, 6.45) is 4.23. The van der Waals surface area contributed by atoms with E-state index in [4.69, 9.17) is 9.47 Å². The van der Waals surface area contributed by atoms with Crippen LogP contribution in [0.25, 0.3) is 0 Å². The summed E-state index contributed by atoms with van der Waals surface area (Å²) >= 11 is 7.28. The van der Waals surface area contributed by atoms with Gasteiger partial charge in [0.15, 0.2) is 4.08 Å². The van der Waals surface area contributed by atoms with Crippen LogP contribution in [-0.2, 0) is 8.87 Å². The second-order valence-corrected chi connectivity index (χ2v) is 12.8. The first kappa shape index (κ1) is 26.9. The largest absolute Gasteiger partial charge is 0.497 e. The summed E-state index contributed by atoms with van der Waals surface area (Å²) in [6, 6.07) is 3.98. The molecule has 0 saturated heterocycles. The molecule has 31 heavy (non-hydrogen) atoms. The Kier molecular flexibility index (Phi) is 11.7. The van der Waals surface area contributed by atoms with E-state index in [1.54, 1.807) is 37.7 Å². The van der Waals surface area contributed by atoms with Gasteiger partial charge in [0.05, 0.1) is 19.9 Å². The van der Waals surface area contributed by atoms with Crippen molar-refractivity contribution in [3.63, 3.8) is 0 Å². The van der Waals surface area contributed by atoms with E-state index in [2.05, 4.69) is 33.8 Å². The number of amides is 1. The minimum Gasteiger partial charge on any atom is -0.497 e. The lowest BCUT2D eigenvalue weighted by Gasteiger charge is -2.31. The number of methoxy groups -OCH3 is 2. The van der Waals surface area contributed by atoms with Crippen molar-refractivity contribution in [3.8, 4) is 11.5 Å². The van der Waals surface area contributed by atoms with Gasteiger partial charge in [0.1, 0.15) is 16.2 Å². The highest BCUT2D eigenvalue weighted by Gasteiger charge is 2.55. The number of fused-ring (bicyclic) bond motifs is 1. The topological polar surface area (TPSA) is 38.8 Å². The number of hydrogen-bond donors (Lipinski definition) is 0. The highest BCUT2D eigenvalue weighted by molar-refractivity contribution is 8.19. The van der Waals surface area contributed by atoms with Crippen LogP contribution in [0.3, 0.4) is 0 Å². The summed E-state index contributed by atoms with van der Waals surface area (Å²) in [6.45, 7) is 8.73. The van der Waals surface area contributed by atoms with Gasteiger partial charge in [-0.1, -0.05) is 27.7 Å². The van der Waals surface area contributed by atoms with Crippen LogP contribution in [0.4, 0.5) is 5.69 Å². The molecule has 0 unspecified atom stereocenters. The lowest BCUT2D eigenvalue weighted by atomic mass is 10.1. The normalized spacial score (nSPS) is 14.9. The molecule has 8 heteroatoms. The summed E-state index contributed by atoms with van der Waals surface area (Å²) in [7, 11) is 3.36. The number of anilines is 1. The second-order valence-electron chi connectivity index (χ2n) is 7.26. The quantitative estimate of drug-likeness (QED) is 0.237. The zero-order valence-corrected chi connectivity index (χ0v) is 23.0. The predicted octanol–water partition coefficient (Wildman–Crippen LogP) is 7.06. The van der Waals surface area contributed by atoms with Crippen molar-refractivity contribution >= 4 is 58.6 Å². The van der Waals surface area contributed by atoms with Crippen molar-refractivity contribution in [1.82, 2.24) is 0 Å². The number of carbonyl (C=O) groups is 1. The predicted molar refractivity (Wildman–Crippen MR) is 143 cm³/mol. The zero-order valence-electron chi connectivity index (χ0n) is 19.7. The molecule has 1 aliphatic rings. The molecule has 0 fully saturated rings. The van der Waals surface area contributed by atoms with Crippen LogP contribution >= 0.6 is 47.0 Å². The van der Waals surface area contributed by atoms with Crippen LogP contribution in [0.15, 0.2) is 12.1 Å². The molecule has 0 atom stereocenters. The zero-order chi connectivity index (χ0) is 22.9. The van der Waals surface area contributed by atoms with Gasteiger partial charge in [-0.3, -0.25) is 9.69 Å². The van der Waals surface area contributed by atoms with Crippen molar-refractivity contribution in [2.45, 2.75) is 62.2 Å². The minimum atomic E-state index is -0.652. The van der Waals surface area contributed by atoms with Crippen molar-refractivity contribution in [1.29, 1.82) is 0 Å². The summed E-state index contributed by atoms with van der Waals surface area (Å²) < 4.78 is 10.8. The summed E-state index contributed by atoms with van der Waals surface area (Å²) in [5.41, 5.74) is 1.96. The molecule has 0 aromatic heterocycles. The first-order chi connectivity index (χ1) is 15.0. The van der Waals surface area contributed by atoms with E-state index in [1.807, 2.05) is 34.5 Å². The number of rotatable bonds is 15. The van der Waals surface area contributed by atoms with Gasteiger partial charge in [0.25, 0.3) is 5.91 Å². The first-order valence-corrected chi connectivity index (χ1v) is 15.2. The Morgan fingerprint density at radius 3 is 1.87 bits per heavy atom. The number of nitrogens with zero attached hydrogens (tertiary/aromatic N) is 1. The number of carbonyl (C=O) groups excluding carboxylic acids is 1. The molecule has 0 bridgehead atoms.